The fourth-order valence-electron chi connectivity index (χ4n) is 3.26. The molecule has 0 saturated heterocycles. The Morgan fingerprint density at radius 3 is 2.63 bits per heavy atom. The van der Waals surface area contributed by atoms with Gasteiger partial charge in [-0.25, -0.2) is 9.37 Å². The molecule has 0 spiro atoms. The molecule has 1 amide bonds. The molecule has 1 heterocycles. The highest BCUT2D eigenvalue weighted by molar-refractivity contribution is 5.77. The average Bonchev–Trinajstić information content (AvgIpc) is 2.75. The van der Waals surface area contributed by atoms with Crippen molar-refractivity contribution in [1.29, 1.82) is 0 Å². The minimum absolute atomic E-state index is 0.129. The second-order valence-corrected chi connectivity index (χ2v) is 6.82. The predicted octanol–water partition coefficient (Wildman–Crippen LogP) is 2.61. The maximum Gasteiger partial charge on any atom is 0.261 e. The Balaban J connectivity index is 1.58. The number of carbonyl (C=O) groups is 1. The first-order valence-electron chi connectivity index (χ1n) is 9.57. The summed E-state index contributed by atoms with van der Waals surface area (Å²) >= 11 is 0. The maximum absolute atomic E-state index is 13.5. The van der Waals surface area contributed by atoms with E-state index in [1.165, 1.54) is 22.8 Å². The number of hydrogen-bond acceptors (Lipinski definition) is 5. The molecule has 0 unspecified atom stereocenters. The third-order valence-electron chi connectivity index (χ3n) is 4.85. The third-order valence-corrected chi connectivity index (χ3v) is 4.85. The van der Waals surface area contributed by atoms with Gasteiger partial charge in [0.1, 0.15) is 11.6 Å². The van der Waals surface area contributed by atoms with E-state index in [4.69, 9.17) is 9.47 Å². The van der Waals surface area contributed by atoms with E-state index in [1.807, 2.05) is 12.1 Å². The van der Waals surface area contributed by atoms with E-state index in [-0.39, 0.29) is 29.9 Å². The van der Waals surface area contributed by atoms with Crippen LogP contribution in [0.25, 0.3) is 10.9 Å². The molecule has 3 rings (SSSR count). The van der Waals surface area contributed by atoms with Gasteiger partial charge in [-0.3, -0.25) is 14.2 Å². The van der Waals surface area contributed by atoms with Crippen LogP contribution >= 0.6 is 0 Å². The Labute approximate surface area is 173 Å². The van der Waals surface area contributed by atoms with Crippen LogP contribution < -0.4 is 20.3 Å². The Bertz CT molecular complexity index is 1130. The van der Waals surface area contributed by atoms with Crippen LogP contribution in [0.3, 0.4) is 0 Å². The van der Waals surface area contributed by atoms with Crippen molar-refractivity contribution in [3.05, 3.63) is 64.0 Å². The molecule has 0 aliphatic carbocycles. The van der Waals surface area contributed by atoms with Crippen molar-refractivity contribution >= 4 is 16.8 Å². The molecule has 0 aliphatic rings. The predicted molar refractivity (Wildman–Crippen MR) is 112 cm³/mol. The molecule has 0 bridgehead atoms. The highest BCUT2D eigenvalue weighted by atomic mass is 19.1. The molecule has 0 aliphatic heterocycles. The summed E-state index contributed by atoms with van der Waals surface area (Å²) in [5, 5.41) is 3.03. The number of rotatable bonds is 8. The lowest BCUT2D eigenvalue weighted by Crippen LogP contribution is -2.32. The Hall–Kier alpha value is -3.42. The highest BCUT2D eigenvalue weighted by Crippen LogP contribution is 2.27. The lowest BCUT2D eigenvalue weighted by atomic mass is 10.1. The number of benzene rings is 2. The number of halogens is 1. The van der Waals surface area contributed by atoms with E-state index >= 15 is 0 Å². The first-order chi connectivity index (χ1) is 14.4. The molecular weight excluding hydrogens is 389 g/mol. The van der Waals surface area contributed by atoms with Crippen LogP contribution in [0.4, 0.5) is 4.39 Å². The van der Waals surface area contributed by atoms with Gasteiger partial charge in [0.25, 0.3) is 5.56 Å². The molecule has 8 heteroatoms. The second kappa shape index (κ2) is 9.39. The number of fused-ring (bicyclic) bond motifs is 1. The Kier molecular flexibility index (Phi) is 6.66. The van der Waals surface area contributed by atoms with Gasteiger partial charge in [-0.2, -0.15) is 0 Å². The van der Waals surface area contributed by atoms with Gasteiger partial charge in [0, 0.05) is 19.5 Å². The standard InChI is InChI=1S/C22H24FN3O4/c1-14-25-18-7-6-16(23)13-17(18)22(28)26(14)11-10-24-21(27)9-5-15-4-8-19(29-2)20(12-15)30-3/h4,6-8,12-13H,5,9-11H2,1-3H3,(H,24,27). The van der Waals surface area contributed by atoms with Gasteiger partial charge in [0.2, 0.25) is 5.91 Å². The van der Waals surface area contributed by atoms with Gasteiger partial charge >= 0.3 is 0 Å². The normalized spacial score (nSPS) is 10.8. The molecule has 30 heavy (non-hydrogen) atoms. The molecule has 7 nitrogen and oxygen atoms in total. The number of ether oxygens (including phenoxy) is 2. The molecule has 1 N–H and O–H groups in total. The van der Waals surface area contributed by atoms with Crippen molar-refractivity contribution in [2.24, 2.45) is 0 Å². The van der Waals surface area contributed by atoms with E-state index in [1.54, 1.807) is 27.2 Å². The van der Waals surface area contributed by atoms with Gasteiger partial charge in [0.15, 0.2) is 11.5 Å². The first-order valence-corrected chi connectivity index (χ1v) is 9.57. The van der Waals surface area contributed by atoms with Crippen molar-refractivity contribution in [3.63, 3.8) is 0 Å². The van der Waals surface area contributed by atoms with Crippen LogP contribution in [0.1, 0.15) is 17.8 Å². The van der Waals surface area contributed by atoms with Gasteiger partial charge in [-0.15, -0.1) is 0 Å². The van der Waals surface area contributed by atoms with Gasteiger partial charge in [-0.05, 0) is 49.2 Å². The zero-order valence-electron chi connectivity index (χ0n) is 17.2. The maximum atomic E-state index is 13.5. The van der Waals surface area contributed by atoms with Crippen molar-refractivity contribution in [1.82, 2.24) is 14.9 Å². The molecule has 158 valence electrons. The van der Waals surface area contributed by atoms with Crippen molar-refractivity contribution in [3.8, 4) is 11.5 Å². The number of carbonyl (C=O) groups excluding carboxylic acids is 1. The van der Waals surface area contributed by atoms with E-state index < -0.39 is 5.82 Å². The molecule has 0 saturated carbocycles. The molecule has 0 radical (unpaired) electrons. The van der Waals surface area contributed by atoms with Gasteiger partial charge < -0.3 is 14.8 Å². The number of aryl methyl sites for hydroxylation is 2. The van der Waals surface area contributed by atoms with Crippen LogP contribution in [-0.2, 0) is 17.8 Å². The number of hydrogen-bond donors (Lipinski definition) is 1. The number of methoxy groups -OCH3 is 2. The second-order valence-electron chi connectivity index (χ2n) is 6.82. The van der Waals surface area contributed by atoms with Crippen LogP contribution in [-0.4, -0.2) is 36.2 Å². The lowest BCUT2D eigenvalue weighted by molar-refractivity contribution is -0.121. The minimum Gasteiger partial charge on any atom is -0.493 e. The molecule has 2 aromatic carbocycles. The average molecular weight is 413 g/mol. The summed E-state index contributed by atoms with van der Waals surface area (Å²) in [5.41, 5.74) is 1.08. The quantitative estimate of drug-likeness (QED) is 0.614. The summed E-state index contributed by atoms with van der Waals surface area (Å²) in [6.45, 7) is 2.24. The van der Waals surface area contributed by atoms with Crippen LogP contribution in [0.2, 0.25) is 0 Å². The molecule has 0 atom stereocenters. The summed E-state index contributed by atoms with van der Waals surface area (Å²) in [6, 6.07) is 9.47. The number of nitrogens with one attached hydrogen (secondary N) is 1. The Morgan fingerprint density at radius 1 is 1.13 bits per heavy atom. The van der Waals surface area contributed by atoms with E-state index in [2.05, 4.69) is 10.3 Å². The van der Waals surface area contributed by atoms with Crippen molar-refractivity contribution in [2.75, 3.05) is 20.8 Å². The zero-order valence-corrected chi connectivity index (χ0v) is 17.2. The fraction of sp³-hybridized carbons (Fsp3) is 0.318. The zero-order chi connectivity index (χ0) is 21.7. The van der Waals surface area contributed by atoms with E-state index in [0.29, 0.717) is 35.7 Å². The third kappa shape index (κ3) is 4.76. The topological polar surface area (TPSA) is 82.5 Å². The summed E-state index contributed by atoms with van der Waals surface area (Å²) < 4.78 is 25.4. The molecule has 3 aromatic rings. The van der Waals surface area contributed by atoms with Gasteiger partial charge in [0.05, 0.1) is 25.1 Å². The van der Waals surface area contributed by atoms with Crippen molar-refractivity contribution in [2.45, 2.75) is 26.3 Å². The first kappa shape index (κ1) is 21.3. The van der Waals surface area contributed by atoms with E-state index in [0.717, 1.165) is 5.56 Å². The fourth-order valence-corrected chi connectivity index (χ4v) is 3.26. The van der Waals surface area contributed by atoms with Crippen LogP contribution in [0.15, 0.2) is 41.2 Å². The number of aromatic nitrogens is 2. The summed E-state index contributed by atoms with van der Waals surface area (Å²) in [5.74, 6) is 1.15. The highest BCUT2D eigenvalue weighted by Gasteiger charge is 2.10. The molecular formula is C22H24FN3O4. The summed E-state index contributed by atoms with van der Waals surface area (Å²) in [4.78, 5) is 29.2. The summed E-state index contributed by atoms with van der Waals surface area (Å²) in [6.07, 6.45) is 0.840. The summed E-state index contributed by atoms with van der Waals surface area (Å²) in [7, 11) is 3.13. The number of amides is 1. The monoisotopic (exact) mass is 413 g/mol. The SMILES string of the molecule is COc1ccc(CCC(=O)NCCn2c(C)nc3ccc(F)cc3c2=O)cc1OC. The smallest absolute Gasteiger partial charge is 0.261 e. The Morgan fingerprint density at radius 2 is 1.90 bits per heavy atom. The number of nitrogens with zero attached hydrogens (tertiary/aromatic N) is 2. The molecule has 0 fully saturated rings. The minimum atomic E-state index is -0.486. The van der Waals surface area contributed by atoms with E-state index in [9.17, 15) is 14.0 Å². The van der Waals surface area contributed by atoms with Crippen LogP contribution in [0, 0.1) is 12.7 Å². The van der Waals surface area contributed by atoms with Gasteiger partial charge in [-0.1, -0.05) is 6.07 Å². The lowest BCUT2D eigenvalue weighted by Gasteiger charge is -2.12. The molecule has 1 aromatic heterocycles. The largest absolute Gasteiger partial charge is 0.493 e. The van der Waals surface area contributed by atoms with Crippen LogP contribution in [0.5, 0.6) is 11.5 Å². The van der Waals surface area contributed by atoms with Crippen molar-refractivity contribution < 1.29 is 18.7 Å².